The van der Waals surface area contributed by atoms with Gasteiger partial charge >= 0.3 is 5.69 Å². The Kier molecular flexibility index (Phi) is 4.29. The average Bonchev–Trinajstić information content (AvgIpc) is 3.08. The Morgan fingerprint density at radius 1 is 1.08 bits per heavy atom. The van der Waals surface area contributed by atoms with Gasteiger partial charge < -0.3 is 19.2 Å². The molecule has 0 spiro atoms. The van der Waals surface area contributed by atoms with E-state index in [1.807, 2.05) is 0 Å². The average molecular weight is 344 g/mol. The minimum atomic E-state index is -0.590. The summed E-state index contributed by atoms with van der Waals surface area (Å²) in [6.07, 6.45) is 4.29. The smallest absolute Gasteiger partial charge is 0.334 e. The first-order chi connectivity index (χ1) is 12.1. The van der Waals surface area contributed by atoms with Crippen LogP contribution >= 0.6 is 0 Å². The number of methoxy groups -OCH3 is 3. The molecule has 1 aromatic carbocycles. The molecule has 0 aliphatic carbocycles. The number of hydrogen-bond donors (Lipinski definition) is 2. The standard InChI is InChI=1S/C16H16N4O5/c1-23-10-6-9(7-11(24-2)13(10)25-3)4-5-20-15(21)12-14(18-8-17-12)19-16(20)22/h4-8H,1-3H3,(H,17,18)(H,19,22). The van der Waals surface area contributed by atoms with Gasteiger partial charge in [0.2, 0.25) is 5.75 Å². The van der Waals surface area contributed by atoms with Crippen LogP contribution < -0.4 is 25.5 Å². The lowest BCUT2D eigenvalue weighted by molar-refractivity contribution is 0.324. The van der Waals surface area contributed by atoms with Crippen molar-refractivity contribution in [3.05, 3.63) is 44.9 Å². The molecule has 0 bridgehead atoms. The summed E-state index contributed by atoms with van der Waals surface area (Å²) in [6.45, 7) is 0. The van der Waals surface area contributed by atoms with Crippen LogP contribution in [0.2, 0.25) is 0 Å². The Balaban J connectivity index is 2.08. The number of H-pyrrole nitrogens is 2. The first-order valence-corrected chi connectivity index (χ1v) is 7.25. The number of nitrogens with one attached hydrogen (secondary N) is 2. The summed E-state index contributed by atoms with van der Waals surface area (Å²) < 4.78 is 16.8. The fraction of sp³-hybridized carbons (Fsp3) is 0.188. The number of rotatable bonds is 5. The number of aromatic amines is 2. The minimum absolute atomic E-state index is 0.215. The van der Waals surface area contributed by atoms with Crippen molar-refractivity contribution in [2.24, 2.45) is 0 Å². The zero-order chi connectivity index (χ0) is 18.0. The molecule has 9 nitrogen and oxygen atoms in total. The second-order valence-corrected chi connectivity index (χ2v) is 5.01. The van der Waals surface area contributed by atoms with E-state index in [1.165, 1.54) is 33.9 Å². The van der Waals surface area contributed by atoms with Crippen molar-refractivity contribution in [2.45, 2.75) is 0 Å². The van der Waals surface area contributed by atoms with Gasteiger partial charge in [0.15, 0.2) is 17.1 Å². The van der Waals surface area contributed by atoms with E-state index in [0.717, 1.165) is 4.57 Å². The summed E-state index contributed by atoms with van der Waals surface area (Å²) in [6, 6.07) is 3.40. The van der Waals surface area contributed by atoms with Crippen molar-refractivity contribution in [1.82, 2.24) is 19.5 Å². The maximum absolute atomic E-state index is 12.3. The summed E-state index contributed by atoms with van der Waals surface area (Å²) in [5.74, 6) is 1.38. The predicted molar refractivity (Wildman–Crippen MR) is 92.3 cm³/mol. The van der Waals surface area contributed by atoms with Crippen LogP contribution in [-0.4, -0.2) is 40.8 Å². The lowest BCUT2D eigenvalue weighted by Crippen LogP contribution is -2.31. The second-order valence-electron chi connectivity index (χ2n) is 5.01. The van der Waals surface area contributed by atoms with Gasteiger partial charge in [-0.15, -0.1) is 0 Å². The molecule has 0 saturated carbocycles. The predicted octanol–water partition coefficient (Wildman–Crippen LogP) is 1.07. The molecule has 0 aliphatic rings. The molecule has 0 unspecified atom stereocenters. The third kappa shape index (κ3) is 2.87. The molecule has 9 heteroatoms. The topological polar surface area (TPSA) is 111 Å². The molecule has 25 heavy (non-hydrogen) atoms. The fourth-order valence-corrected chi connectivity index (χ4v) is 2.42. The molecule has 0 radical (unpaired) electrons. The normalized spacial score (nSPS) is 11.2. The first-order valence-electron chi connectivity index (χ1n) is 7.25. The van der Waals surface area contributed by atoms with Crippen LogP contribution in [0.5, 0.6) is 17.2 Å². The summed E-state index contributed by atoms with van der Waals surface area (Å²) in [5, 5.41) is 0. The van der Waals surface area contributed by atoms with Crippen LogP contribution in [0.1, 0.15) is 5.56 Å². The van der Waals surface area contributed by atoms with Crippen LogP contribution in [0.25, 0.3) is 23.4 Å². The SMILES string of the molecule is COc1cc(C=Cn2c(=O)[nH]c3nc[nH]c3c2=O)cc(OC)c1OC. The van der Waals surface area contributed by atoms with E-state index in [4.69, 9.17) is 14.2 Å². The van der Waals surface area contributed by atoms with Crippen molar-refractivity contribution in [3.63, 3.8) is 0 Å². The van der Waals surface area contributed by atoms with Crippen molar-refractivity contribution >= 4 is 23.4 Å². The Hall–Kier alpha value is -3.49. The molecule has 0 atom stereocenters. The zero-order valence-electron chi connectivity index (χ0n) is 13.8. The van der Waals surface area contributed by atoms with E-state index < -0.39 is 11.2 Å². The van der Waals surface area contributed by atoms with E-state index in [0.29, 0.717) is 22.8 Å². The van der Waals surface area contributed by atoms with Gasteiger partial charge in [0.05, 0.1) is 27.7 Å². The van der Waals surface area contributed by atoms with Crippen molar-refractivity contribution in [2.75, 3.05) is 21.3 Å². The van der Waals surface area contributed by atoms with Crippen LogP contribution in [0.4, 0.5) is 0 Å². The molecule has 3 rings (SSSR count). The summed E-state index contributed by atoms with van der Waals surface area (Å²) in [5.41, 5.74) is 0.000295. The molecular formula is C16H16N4O5. The monoisotopic (exact) mass is 344 g/mol. The summed E-state index contributed by atoms with van der Waals surface area (Å²) in [7, 11) is 4.52. The maximum Gasteiger partial charge on any atom is 0.334 e. The van der Waals surface area contributed by atoms with Crippen LogP contribution in [0.3, 0.4) is 0 Å². The summed E-state index contributed by atoms with van der Waals surface area (Å²) >= 11 is 0. The van der Waals surface area contributed by atoms with E-state index in [2.05, 4.69) is 15.0 Å². The van der Waals surface area contributed by atoms with Gasteiger partial charge in [0.25, 0.3) is 5.56 Å². The van der Waals surface area contributed by atoms with Gasteiger partial charge in [-0.1, -0.05) is 0 Å². The molecule has 2 aromatic heterocycles. The zero-order valence-corrected chi connectivity index (χ0v) is 13.8. The molecule has 3 aromatic rings. The number of nitrogens with zero attached hydrogens (tertiary/aromatic N) is 2. The number of aromatic nitrogens is 4. The lowest BCUT2D eigenvalue weighted by atomic mass is 10.2. The van der Waals surface area contributed by atoms with Gasteiger partial charge in [-0.05, 0) is 23.8 Å². The van der Waals surface area contributed by atoms with Crippen LogP contribution in [0, 0.1) is 0 Å². The Bertz CT molecular complexity index is 1040. The Morgan fingerprint density at radius 2 is 1.76 bits per heavy atom. The van der Waals surface area contributed by atoms with Crippen molar-refractivity contribution < 1.29 is 14.2 Å². The van der Waals surface area contributed by atoms with Gasteiger partial charge in [0.1, 0.15) is 5.52 Å². The van der Waals surface area contributed by atoms with Gasteiger partial charge in [-0.25, -0.2) is 14.3 Å². The van der Waals surface area contributed by atoms with Gasteiger partial charge in [-0.2, -0.15) is 0 Å². The quantitative estimate of drug-likeness (QED) is 0.716. The van der Waals surface area contributed by atoms with Crippen molar-refractivity contribution in [1.29, 1.82) is 0 Å². The fourth-order valence-electron chi connectivity index (χ4n) is 2.42. The molecule has 0 aliphatic heterocycles. The number of benzene rings is 1. The summed E-state index contributed by atoms with van der Waals surface area (Å²) in [4.78, 5) is 33.5. The largest absolute Gasteiger partial charge is 0.493 e. The number of hydrogen-bond acceptors (Lipinski definition) is 6. The molecule has 2 heterocycles. The van der Waals surface area contributed by atoms with E-state index >= 15 is 0 Å². The highest BCUT2D eigenvalue weighted by molar-refractivity contribution is 5.71. The maximum atomic E-state index is 12.3. The first kappa shape index (κ1) is 16.4. The Labute approximate surface area is 141 Å². The Morgan fingerprint density at radius 3 is 2.36 bits per heavy atom. The van der Waals surface area contributed by atoms with Gasteiger partial charge in [-0.3, -0.25) is 9.78 Å². The van der Waals surface area contributed by atoms with E-state index in [1.54, 1.807) is 18.2 Å². The molecule has 2 N–H and O–H groups in total. The highest BCUT2D eigenvalue weighted by atomic mass is 16.5. The third-order valence-electron chi connectivity index (χ3n) is 3.62. The highest BCUT2D eigenvalue weighted by Crippen LogP contribution is 2.38. The van der Waals surface area contributed by atoms with Crippen LogP contribution in [0.15, 0.2) is 28.0 Å². The third-order valence-corrected chi connectivity index (χ3v) is 3.62. The van der Waals surface area contributed by atoms with E-state index in [-0.39, 0.29) is 11.2 Å². The van der Waals surface area contributed by atoms with Crippen LogP contribution in [-0.2, 0) is 0 Å². The van der Waals surface area contributed by atoms with Gasteiger partial charge in [0, 0.05) is 6.20 Å². The number of imidazole rings is 1. The molecule has 130 valence electrons. The molecule has 0 saturated heterocycles. The molecular weight excluding hydrogens is 328 g/mol. The minimum Gasteiger partial charge on any atom is -0.493 e. The lowest BCUT2D eigenvalue weighted by Gasteiger charge is -2.12. The number of ether oxygens (including phenoxy) is 3. The second kappa shape index (κ2) is 6.56. The van der Waals surface area contributed by atoms with Crippen molar-refractivity contribution in [3.8, 4) is 17.2 Å². The molecule has 0 fully saturated rings. The number of fused-ring (bicyclic) bond motifs is 1. The molecule has 0 amide bonds. The highest BCUT2D eigenvalue weighted by Gasteiger charge is 2.12. The van der Waals surface area contributed by atoms with E-state index in [9.17, 15) is 9.59 Å².